The van der Waals surface area contributed by atoms with E-state index in [1.807, 2.05) is 0 Å². The average Bonchev–Trinajstić information content (AvgIpc) is 2.92. The number of carboxylic acid groups (broad SMARTS) is 1. The van der Waals surface area contributed by atoms with Crippen LogP contribution in [-0.4, -0.2) is 44.5 Å². The fourth-order valence-corrected chi connectivity index (χ4v) is 3.59. The highest BCUT2D eigenvalue weighted by Crippen LogP contribution is 2.41. The molecule has 1 aromatic rings. The maximum atomic E-state index is 13.0. The first-order valence-electron chi connectivity index (χ1n) is 6.61. The monoisotopic (exact) mass is 373 g/mol. The average molecular weight is 373 g/mol. The fourth-order valence-electron chi connectivity index (χ4n) is 2.64. The van der Waals surface area contributed by atoms with Crippen LogP contribution in [0.5, 0.6) is 0 Å². The minimum Gasteiger partial charge on any atom is -0.481 e. The van der Waals surface area contributed by atoms with E-state index in [1.54, 1.807) is 0 Å². The van der Waals surface area contributed by atoms with Crippen LogP contribution in [0.3, 0.4) is 0 Å². The number of alkyl halides is 5. The molecular formula is C13H12F5NO4S. The van der Waals surface area contributed by atoms with E-state index in [9.17, 15) is 35.2 Å². The molecule has 134 valence electrons. The van der Waals surface area contributed by atoms with Crippen molar-refractivity contribution < 1.29 is 40.3 Å². The summed E-state index contributed by atoms with van der Waals surface area (Å²) in [5.41, 5.74) is -0.365. The van der Waals surface area contributed by atoms with Crippen LogP contribution in [-0.2, 0) is 14.6 Å². The molecule has 1 aromatic carbocycles. The van der Waals surface area contributed by atoms with Crippen LogP contribution in [0.15, 0.2) is 29.2 Å². The number of anilines is 1. The first kappa shape index (κ1) is 18.4. The molecule has 24 heavy (non-hydrogen) atoms. The number of carboxylic acids is 1. The Hall–Kier alpha value is -1.91. The highest BCUT2D eigenvalue weighted by Gasteiger charge is 2.53. The molecule has 0 aromatic heterocycles. The molecule has 2 rings (SSSR count). The van der Waals surface area contributed by atoms with E-state index in [1.165, 1.54) is 6.07 Å². The number of carbonyl (C=O) groups is 1. The van der Waals surface area contributed by atoms with E-state index in [2.05, 4.69) is 0 Å². The highest BCUT2D eigenvalue weighted by atomic mass is 32.2. The number of para-hydroxylation sites is 1. The summed E-state index contributed by atoms with van der Waals surface area (Å²) in [7, 11) is -5.04. The summed E-state index contributed by atoms with van der Waals surface area (Å²) in [6.07, 6.45) is -4.81. The van der Waals surface area contributed by atoms with Crippen LogP contribution in [0.2, 0.25) is 0 Å². The van der Waals surface area contributed by atoms with Gasteiger partial charge in [-0.3, -0.25) is 4.79 Å². The SMILES string of the molecule is O=C(O)[C@@H]1CN(c2ccccc2S(=O)(=O)C(F)F)C[C@H]1C(F)(F)F. The molecule has 1 heterocycles. The quantitative estimate of drug-likeness (QED) is 0.821. The molecule has 2 atom stereocenters. The Labute approximate surface area is 133 Å². The predicted octanol–water partition coefficient (Wildman–Crippen LogP) is 2.38. The van der Waals surface area contributed by atoms with Gasteiger partial charge in [-0.15, -0.1) is 0 Å². The minimum absolute atomic E-state index is 0.365. The van der Waals surface area contributed by atoms with Gasteiger partial charge in [-0.25, -0.2) is 8.42 Å². The molecule has 5 nitrogen and oxygen atoms in total. The fraction of sp³-hybridized carbons (Fsp3) is 0.462. The van der Waals surface area contributed by atoms with E-state index in [-0.39, 0.29) is 5.69 Å². The van der Waals surface area contributed by atoms with Gasteiger partial charge in [0, 0.05) is 13.1 Å². The standard InChI is InChI=1S/C13H12F5NO4S/c14-12(15)24(22,23)10-4-2-1-3-9(10)19-5-7(11(20)21)8(6-19)13(16,17)18/h1-4,7-8,12H,5-6H2,(H,20,21)/t7-,8-/m1/s1. The van der Waals surface area contributed by atoms with E-state index >= 15 is 0 Å². The third-order valence-electron chi connectivity index (χ3n) is 3.80. The zero-order valence-electron chi connectivity index (χ0n) is 11.9. The van der Waals surface area contributed by atoms with E-state index in [0.29, 0.717) is 0 Å². The molecule has 1 aliphatic heterocycles. The van der Waals surface area contributed by atoms with Crippen molar-refractivity contribution in [2.45, 2.75) is 16.8 Å². The number of aliphatic carboxylic acids is 1. The molecule has 0 spiro atoms. The number of rotatable bonds is 4. The van der Waals surface area contributed by atoms with Crippen molar-refractivity contribution in [3.05, 3.63) is 24.3 Å². The third-order valence-corrected chi connectivity index (χ3v) is 5.23. The van der Waals surface area contributed by atoms with Gasteiger partial charge in [0.15, 0.2) is 0 Å². The summed E-state index contributed by atoms with van der Waals surface area (Å²) < 4.78 is 87.9. The first-order chi connectivity index (χ1) is 11.0. The normalized spacial score (nSPS) is 22.2. The summed E-state index contributed by atoms with van der Waals surface area (Å²) in [4.78, 5) is 11.1. The third kappa shape index (κ3) is 3.30. The van der Waals surface area contributed by atoms with Crippen LogP contribution in [0.1, 0.15) is 0 Å². The van der Waals surface area contributed by atoms with Gasteiger partial charge in [-0.2, -0.15) is 22.0 Å². The summed E-state index contributed by atoms with van der Waals surface area (Å²) in [6, 6.07) is 4.36. The maximum absolute atomic E-state index is 13.0. The van der Waals surface area contributed by atoms with Crippen LogP contribution in [0.4, 0.5) is 27.6 Å². The lowest BCUT2D eigenvalue weighted by molar-refractivity contribution is -0.187. The molecule has 0 unspecified atom stereocenters. The molecule has 0 bridgehead atoms. The Kier molecular flexibility index (Phi) is 4.75. The largest absolute Gasteiger partial charge is 0.481 e. The molecule has 1 fully saturated rings. The zero-order valence-corrected chi connectivity index (χ0v) is 12.7. The Balaban J connectivity index is 2.46. The number of halogens is 5. The molecule has 1 N–H and O–H groups in total. The lowest BCUT2D eigenvalue weighted by Crippen LogP contribution is -2.33. The molecule has 1 aliphatic rings. The van der Waals surface area contributed by atoms with Crippen LogP contribution in [0.25, 0.3) is 0 Å². The van der Waals surface area contributed by atoms with E-state index < -0.39 is 57.6 Å². The number of hydrogen-bond donors (Lipinski definition) is 1. The predicted molar refractivity (Wildman–Crippen MR) is 72.5 cm³/mol. The Morgan fingerprint density at radius 1 is 1.21 bits per heavy atom. The smallest absolute Gasteiger partial charge is 0.394 e. The second-order valence-electron chi connectivity index (χ2n) is 5.27. The molecular weight excluding hydrogens is 361 g/mol. The first-order valence-corrected chi connectivity index (χ1v) is 8.16. The van der Waals surface area contributed by atoms with Crippen molar-refractivity contribution in [1.82, 2.24) is 0 Å². The molecule has 0 saturated carbocycles. The molecule has 0 radical (unpaired) electrons. The number of sulfone groups is 1. The Morgan fingerprint density at radius 3 is 2.25 bits per heavy atom. The summed E-state index contributed by atoms with van der Waals surface area (Å²) >= 11 is 0. The summed E-state index contributed by atoms with van der Waals surface area (Å²) in [5, 5.41) is 8.96. The second kappa shape index (κ2) is 6.19. The van der Waals surface area contributed by atoms with Crippen molar-refractivity contribution in [2.24, 2.45) is 11.8 Å². The molecule has 0 aliphatic carbocycles. The van der Waals surface area contributed by atoms with Crippen LogP contribution < -0.4 is 4.90 Å². The van der Waals surface area contributed by atoms with Gasteiger partial charge in [0.05, 0.1) is 22.4 Å². The van der Waals surface area contributed by atoms with Gasteiger partial charge in [0.25, 0.3) is 0 Å². The summed E-state index contributed by atoms with van der Waals surface area (Å²) in [5.74, 6) is -9.46. The lowest BCUT2D eigenvalue weighted by Gasteiger charge is -2.22. The van der Waals surface area contributed by atoms with Gasteiger partial charge in [0.1, 0.15) is 0 Å². The maximum Gasteiger partial charge on any atom is 0.394 e. The van der Waals surface area contributed by atoms with Crippen LogP contribution >= 0.6 is 0 Å². The topological polar surface area (TPSA) is 74.7 Å². The van der Waals surface area contributed by atoms with Crippen molar-refractivity contribution in [3.8, 4) is 0 Å². The zero-order chi connectivity index (χ0) is 18.3. The molecule has 1 saturated heterocycles. The minimum atomic E-state index is -5.04. The lowest BCUT2D eigenvalue weighted by atomic mass is 9.96. The second-order valence-corrected chi connectivity index (χ2v) is 7.16. The number of hydrogen-bond acceptors (Lipinski definition) is 4. The van der Waals surface area contributed by atoms with Gasteiger partial charge in [0.2, 0.25) is 9.84 Å². The van der Waals surface area contributed by atoms with Gasteiger partial charge in [-0.05, 0) is 12.1 Å². The van der Waals surface area contributed by atoms with Gasteiger partial charge < -0.3 is 10.0 Å². The van der Waals surface area contributed by atoms with Crippen molar-refractivity contribution in [2.75, 3.05) is 18.0 Å². The van der Waals surface area contributed by atoms with Crippen molar-refractivity contribution in [3.63, 3.8) is 0 Å². The Bertz CT molecular complexity index is 734. The van der Waals surface area contributed by atoms with E-state index in [4.69, 9.17) is 5.11 Å². The van der Waals surface area contributed by atoms with Crippen molar-refractivity contribution >= 4 is 21.5 Å². The van der Waals surface area contributed by atoms with Gasteiger partial charge >= 0.3 is 17.9 Å². The number of nitrogens with zero attached hydrogens (tertiary/aromatic N) is 1. The highest BCUT2D eigenvalue weighted by molar-refractivity contribution is 7.91. The summed E-state index contributed by atoms with van der Waals surface area (Å²) in [6.45, 7) is -1.45. The van der Waals surface area contributed by atoms with Gasteiger partial charge in [-0.1, -0.05) is 12.1 Å². The molecule has 0 amide bonds. The van der Waals surface area contributed by atoms with E-state index in [0.717, 1.165) is 23.1 Å². The van der Waals surface area contributed by atoms with Crippen molar-refractivity contribution in [1.29, 1.82) is 0 Å². The molecule has 11 heteroatoms. The Morgan fingerprint density at radius 2 is 1.79 bits per heavy atom. The van der Waals surface area contributed by atoms with Crippen LogP contribution in [0, 0.1) is 11.8 Å². The number of benzene rings is 1.